The predicted molar refractivity (Wildman–Crippen MR) is 103 cm³/mol. The summed E-state index contributed by atoms with van der Waals surface area (Å²) in [6.45, 7) is 8.39. The van der Waals surface area contributed by atoms with E-state index in [2.05, 4.69) is 34.0 Å². The van der Waals surface area contributed by atoms with Crippen molar-refractivity contribution in [1.82, 2.24) is 9.97 Å². The van der Waals surface area contributed by atoms with Crippen molar-refractivity contribution >= 4 is 21.8 Å². The molecule has 0 radical (unpaired) electrons. The number of aromatic nitrogens is 2. The minimum absolute atomic E-state index is 0.150. The molecule has 140 valence electrons. The Morgan fingerprint density at radius 2 is 2.00 bits per heavy atom. The summed E-state index contributed by atoms with van der Waals surface area (Å²) >= 11 is 0. The molecule has 26 heavy (non-hydrogen) atoms. The van der Waals surface area contributed by atoms with Crippen molar-refractivity contribution < 1.29 is 8.42 Å². The van der Waals surface area contributed by atoms with E-state index < -0.39 is 10.0 Å². The van der Waals surface area contributed by atoms with Crippen molar-refractivity contribution in [3.05, 3.63) is 41.1 Å². The van der Waals surface area contributed by atoms with Crippen LogP contribution in [0.15, 0.2) is 29.2 Å². The Hall–Kier alpha value is -2.19. The van der Waals surface area contributed by atoms with Gasteiger partial charge in [0.05, 0.1) is 10.6 Å². The van der Waals surface area contributed by atoms with E-state index in [1.807, 2.05) is 19.1 Å². The van der Waals surface area contributed by atoms with E-state index in [9.17, 15) is 8.42 Å². The molecule has 1 aliphatic heterocycles. The second kappa shape index (κ2) is 7.20. The lowest BCUT2D eigenvalue weighted by Gasteiger charge is -2.30. The number of anilines is 2. The first-order chi connectivity index (χ1) is 12.3. The molecule has 0 saturated carbocycles. The summed E-state index contributed by atoms with van der Waals surface area (Å²) in [4.78, 5) is 11.5. The fraction of sp³-hybridized carbons (Fsp3) is 0.444. The van der Waals surface area contributed by atoms with Crippen molar-refractivity contribution in [2.24, 2.45) is 5.14 Å². The number of nitrogens with two attached hydrogens (primary N) is 1. The minimum atomic E-state index is -3.70. The van der Waals surface area contributed by atoms with Crippen LogP contribution in [0.1, 0.15) is 43.5 Å². The first-order valence-corrected chi connectivity index (χ1v) is 10.3. The Kier molecular flexibility index (Phi) is 5.15. The highest BCUT2D eigenvalue weighted by molar-refractivity contribution is 7.89. The summed E-state index contributed by atoms with van der Waals surface area (Å²) in [6, 6.07) is 7.12. The van der Waals surface area contributed by atoms with Gasteiger partial charge in [-0.3, -0.25) is 0 Å². The summed E-state index contributed by atoms with van der Waals surface area (Å²) in [5.41, 5.74) is 3.10. The summed E-state index contributed by atoms with van der Waals surface area (Å²) in [5.74, 6) is 1.77. The minimum Gasteiger partial charge on any atom is -0.354 e. The lowest BCUT2D eigenvalue weighted by Crippen LogP contribution is -2.31. The van der Waals surface area contributed by atoms with Gasteiger partial charge in [-0.2, -0.15) is 4.98 Å². The second-order valence-electron chi connectivity index (χ2n) is 6.81. The van der Waals surface area contributed by atoms with Gasteiger partial charge in [0.25, 0.3) is 0 Å². The fourth-order valence-corrected chi connectivity index (χ4v) is 3.62. The second-order valence-corrected chi connectivity index (χ2v) is 8.37. The average molecular weight is 375 g/mol. The molecule has 0 saturated heterocycles. The van der Waals surface area contributed by atoms with Gasteiger partial charge >= 0.3 is 0 Å². The summed E-state index contributed by atoms with van der Waals surface area (Å²) in [5, 5.41) is 8.46. The van der Waals surface area contributed by atoms with Gasteiger partial charge in [0.2, 0.25) is 16.0 Å². The van der Waals surface area contributed by atoms with Crippen LogP contribution in [0.25, 0.3) is 0 Å². The quantitative estimate of drug-likeness (QED) is 0.831. The molecule has 3 rings (SSSR count). The molecule has 7 nitrogen and oxygen atoms in total. The molecule has 1 aromatic carbocycles. The Bertz CT molecular complexity index is 912. The third-order valence-electron chi connectivity index (χ3n) is 4.50. The van der Waals surface area contributed by atoms with E-state index in [4.69, 9.17) is 5.14 Å². The van der Waals surface area contributed by atoms with Crippen molar-refractivity contribution in [3.63, 3.8) is 0 Å². The number of rotatable bonds is 5. The van der Waals surface area contributed by atoms with Crippen molar-refractivity contribution in [3.8, 4) is 0 Å². The molecule has 0 atom stereocenters. The van der Waals surface area contributed by atoms with Gasteiger partial charge in [0, 0.05) is 25.7 Å². The molecular weight excluding hydrogens is 350 g/mol. The van der Waals surface area contributed by atoms with Crippen LogP contribution in [0.2, 0.25) is 0 Å². The highest BCUT2D eigenvalue weighted by Crippen LogP contribution is 2.27. The molecule has 0 spiro atoms. The first-order valence-electron chi connectivity index (χ1n) is 8.80. The fourth-order valence-electron chi connectivity index (χ4n) is 3.05. The van der Waals surface area contributed by atoms with Gasteiger partial charge in [-0.05, 0) is 42.5 Å². The van der Waals surface area contributed by atoms with Gasteiger partial charge in [-0.15, -0.1) is 0 Å². The van der Waals surface area contributed by atoms with Crippen LogP contribution in [-0.2, 0) is 23.0 Å². The van der Waals surface area contributed by atoms with Crippen LogP contribution in [-0.4, -0.2) is 31.5 Å². The maximum Gasteiger partial charge on any atom is 0.238 e. The smallest absolute Gasteiger partial charge is 0.238 e. The van der Waals surface area contributed by atoms with Crippen LogP contribution in [0.4, 0.5) is 11.8 Å². The van der Waals surface area contributed by atoms with Crippen LogP contribution < -0.4 is 15.4 Å². The summed E-state index contributed by atoms with van der Waals surface area (Å²) in [7, 11) is -3.70. The van der Waals surface area contributed by atoms with Crippen LogP contribution in [0.3, 0.4) is 0 Å². The van der Waals surface area contributed by atoms with Crippen LogP contribution >= 0.6 is 0 Å². The number of nitrogens with one attached hydrogen (secondary N) is 1. The molecule has 0 aliphatic carbocycles. The SMILES string of the molecule is CCNc1nc(C(C)C)cc(N2CCc3ccc(S(N)(=O)=O)cc3C2)n1. The molecule has 0 fully saturated rings. The predicted octanol–water partition coefficient (Wildman–Crippen LogP) is 2.24. The number of fused-ring (bicyclic) bond motifs is 1. The summed E-state index contributed by atoms with van der Waals surface area (Å²) < 4.78 is 23.3. The Balaban J connectivity index is 1.95. The molecule has 2 heterocycles. The third-order valence-corrected chi connectivity index (χ3v) is 5.41. The Labute approximate surface area is 154 Å². The average Bonchev–Trinajstić information content (AvgIpc) is 2.60. The lowest BCUT2D eigenvalue weighted by atomic mass is 10.00. The maximum absolute atomic E-state index is 11.6. The molecule has 0 unspecified atom stereocenters. The van der Waals surface area contributed by atoms with Gasteiger partial charge in [0.15, 0.2) is 0 Å². The molecular formula is C18H25N5O2S. The molecule has 1 aliphatic rings. The van der Waals surface area contributed by atoms with E-state index in [1.54, 1.807) is 12.1 Å². The lowest BCUT2D eigenvalue weighted by molar-refractivity contribution is 0.597. The van der Waals surface area contributed by atoms with Gasteiger partial charge in [-0.1, -0.05) is 19.9 Å². The monoisotopic (exact) mass is 375 g/mol. The van der Waals surface area contributed by atoms with Crippen molar-refractivity contribution in [2.45, 2.75) is 44.6 Å². The van der Waals surface area contributed by atoms with Crippen LogP contribution in [0.5, 0.6) is 0 Å². The highest BCUT2D eigenvalue weighted by atomic mass is 32.2. The van der Waals surface area contributed by atoms with Gasteiger partial charge in [0.1, 0.15) is 5.82 Å². The molecule has 1 aromatic heterocycles. The largest absolute Gasteiger partial charge is 0.354 e. The number of primary sulfonamides is 1. The zero-order chi connectivity index (χ0) is 18.9. The van der Waals surface area contributed by atoms with Crippen LogP contribution in [0, 0.1) is 0 Å². The number of hydrogen-bond donors (Lipinski definition) is 2. The number of benzene rings is 1. The molecule has 2 aromatic rings. The van der Waals surface area contributed by atoms with Crippen molar-refractivity contribution in [2.75, 3.05) is 23.3 Å². The van der Waals surface area contributed by atoms with E-state index in [-0.39, 0.29) is 4.90 Å². The van der Waals surface area contributed by atoms with E-state index >= 15 is 0 Å². The molecule has 0 amide bonds. The Morgan fingerprint density at radius 3 is 2.65 bits per heavy atom. The summed E-state index contributed by atoms with van der Waals surface area (Å²) in [6.07, 6.45) is 0.831. The van der Waals surface area contributed by atoms with E-state index in [0.29, 0.717) is 18.4 Å². The van der Waals surface area contributed by atoms with E-state index in [1.165, 1.54) is 0 Å². The van der Waals surface area contributed by atoms with Gasteiger partial charge < -0.3 is 10.2 Å². The molecule has 8 heteroatoms. The first kappa shape index (κ1) is 18.6. The third kappa shape index (κ3) is 3.96. The number of sulfonamides is 1. The molecule has 0 bridgehead atoms. The number of nitrogens with zero attached hydrogens (tertiary/aromatic N) is 3. The number of hydrogen-bond acceptors (Lipinski definition) is 6. The topological polar surface area (TPSA) is 101 Å². The highest BCUT2D eigenvalue weighted by Gasteiger charge is 2.21. The van der Waals surface area contributed by atoms with Gasteiger partial charge in [-0.25, -0.2) is 18.5 Å². The Morgan fingerprint density at radius 1 is 1.23 bits per heavy atom. The van der Waals surface area contributed by atoms with Crippen molar-refractivity contribution in [1.29, 1.82) is 0 Å². The van der Waals surface area contributed by atoms with E-state index in [0.717, 1.165) is 42.1 Å². The standard InChI is InChI=1S/C18H25N5O2S/c1-4-20-18-21-16(12(2)3)10-17(22-18)23-8-7-13-5-6-15(26(19,24)25)9-14(13)11-23/h5-6,9-10,12H,4,7-8,11H2,1-3H3,(H2,19,24,25)(H,20,21,22). The normalized spacial score (nSPS) is 14.4. The molecule has 3 N–H and O–H groups in total. The zero-order valence-corrected chi connectivity index (χ0v) is 16.2. The zero-order valence-electron chi connectivity index (χ0n) is 15.4. The maximum atomic E-state index is 11.6.